The van der Waals surface area contributed by atoms with Gasteiger partial charge in [0.25, 0.3) is 5.91 Å². The first-order valence-electron chi connectivity index (χ1n) is 9.35. The van der Waals surface area contributed by atoms with Crippen molar-refractivity contribution in [3.63, 3.8) is 0 Å². The second-order valence-electron chi connectivity index (χ2n) is 7.59. The number of aliphatic hydroxyl groups excluding tert-OH is 2. The van der Waals surface area contributed by atoms with Gasteiger partial charge in [0.1, 0.15) is 4.60 Å². The first-order chi connectivity index (χ1) is 14.4. The zero-order valence-electron chi connectivity index (χ0n) is 15.6. The smallest absolute Gasteiger partial charge is 0.260 e. The molecule has 0 radical (unpaired) electrons. The average Bonchev–Trinajstić information content (AvgIpc) is 3.32. The van der Waals surface area contributed by atoms with Gasteiger partial charge in [0.2, 0.25) is 5.76 Å². The lowest BCUT2D eigenvalue weighted by Gasteiger charge is -2.14. The van der Waals surface area contributed by atoms with Crippen LogP contribution in [0.15, 0.2) is 51.6 Å². The van der Waals surface area contributed by atoms with Crippen LogP contribution >= 0.6 is 27.5 Å². The summed E-state index contributed by atoms with van der Waals surface area (Å²) < 4.78 is 5.48. The molecular weight excluding hydrogens is 472 g/mol. The first kappa shape index (κ1) is 19.4. The van der Waals surface area contributed by atoms with Gasteiger partial charge in [0.15, 0.2) is 5.76 Å². The number of aliphatic hydroxyl groups is 2. The van der Waals surface area contributed by atoms with Crippen LogP contribution in [0.4, 0.5) is 5.69 Å². The molecule has 0 unspecified atom stereocenters. The number of hydrogen-bond acceptors (Lipinski definition) is 5. The van der Waals surface area contributed by atoms with Crippen molar-refractivity contribution in [3.8, 4) is 11.1 Å². The summed E-state index contributed by atoms with van der Waals surface area (Å²) in [5.41, 5.74) is 3.75. The van der Waals surface area contributed by atoms with Crippen LogP contribution in [0.2, 0.25) is 5.02 Å². The van der Waals surface area contributed by atoms with Gasteiger partial charge in [0.05, 0.1) is 22.9 Å². The second kappa shape index (κ2) is 6.97. The van der Waals surface area contributed by atoms with E-state index in [0.717, 1.165) is 29.5 Å². The predicted molar refractivity (Wildman–Crippen MR) is 117 cm³/mol. The second-order valence-corrected chi connectivity index (χ2v) is 8.80. The number of aromatic nitrogens is 1. The van der Waals surface area contributed by atoms with Crippen molar-refractivity contribution in [2.75, 3.05) is 11.9 Å². The molecule has 1 fully saturated rings. The molecule has 8 heteroatoms. The summed E-state index contributed by atoms with van der Waals surface area (Å²) in [6, 6.07) is 12.9. The summed E-state index contributed by atoms with van der Waals surface area (Å²) in [6.45, 7) is 0.144. The van der Waals surface area contributed by atoms with Crippen LogP contribution in [0.25, 0.3) is 22.5 Å². The molecule has 152 valence electrons. The third-order valence-corrected chi connectivity index (χ3v) is 6.45. The van der Waals surface area contributed by atoms with Crippen molar-refractivity contribution in [1.82, 2.24) is 5.16 Å². The number of carbonyl (C=O) groups excluding carboxylic acids is 1. The Hall–Kier alpha value is -2.61. The third-order valence-electron chi connectivity index (χ3n) is 5.77. The fourth-order valence-electron chi connectivity index (χ4n) is 3.83. The zero-order chi connectivity index (χ0) is 21.0. The standard InChI is InChI=1S/C22H16BrClN2O4/c23-18-9-17(30-26-18)20(28)19-14-7-13(15(24)8-16(14)25-21(19)29)11-1-3-12(4-2-11)22(10-27)5-6-22/h1-4,7-9,27-28H,5-6,10H2,(H,25,29). The van der Waals surface area contributed by atoms with E-state index >= 15 is 0 Å². The maximum Gasteiger partial charge on any atom is 0.260 e. The minimum atomic E-state index is -0.447. The molecule has 0 atom stereocenters. The van der Waals surface area contributed by atoms with E-state index in [0.29, 0.717) is 20.9 Å². The molecular formula is C22H16BrClN2O4. The van der Waals surface area contributed by atoms with E-state index in [9.17, 15) is 15.0 Å². The van der Waals surface area contributed by atoms with Crippen LogP contribution in [0.3, 0.4) is 0 Å². The summed E-state index contributed by atoms with van der Waals surface area (Å²) in [6.07, 6.45) is 1.98. The number of benzene rings is 2. The lowest BCUT2D eigenvalue weighted by molar-refractivity contribution is -0.110. The van der Waals surface area contributed by atoms with E-state index < -0.39 is 5.91 Å². The SMILES string of the molecule is O=C1Nc2cc(Cl)c(-c3ccc(C4(CO)CC4)cc3)cc2C1=C(O)c1cc(Br)no1. The maximum absolute atomic E-state index is 12.5. The summed E-state index contributed by atoms with van der Waals surface area (Å²) in [4.78, 5) is 12.5. The number of carbonyl (C=O) groups is 1. The Morgan fingerprint density at radius 2 is 1.93 bits per heavy atom. The zero-order valence-corrected chi connectivity index (χ0v) is 17.9. The largest absolute Gasteiger partial charge is 0.504 e. The van der Waals surface area contributed by atoms with E-state index in [1.165, 1.54) is 6.07 Å². The third kappa shape index (κ3) is 3.05. The van der Waals surface area contributed by atoms with Crippen molar-refractivity contribution in [2.45, 2.75) is 18.3 Å². The highest BCUT2D eigenvalue weighted by Crippen LogP contribution is 2.48. The summed E-state index contributed by atoms with van der Waals surface area (Å²) in [5.74, 6) is -0.664. The van der Waals surface area contributed by atoms with Crippen molar-refractivity contribution < 1.29 is 19.5 Å². The molecule has 2 heterocycles. The van der Waals surface area contributed by atoms with Crippen molar-refractivity contribution in [2.24, 2.45) is 0 Å². The average molecular weight is 488 g/mol. The molecule has 1 aliphatic carbocycles. The molecule has 6 nitrogen and oxygen atoms in total. The number of halogens is 2. The normalized spacial score (nSPS) is 18.2. The van der Waals surface area contributed by atoms with Gasteiger partial charge in [-0.2, -0.15) is 0 Å². The van der Waals surface area contributed by atoms with Gasteiger partial charge in [-0.15, -0.1) is 0 Å². The lowest BCUT2D eigenvalue weighted by atomic mass is 9.93. The molecule has 0 spiro atoms. The van der Waals surface area contributed by atoms with Gasteiger partial charge in [-0.1, -0.05) is 41.0 Å². The van der Waals surface area contributed by atoms with Crippen LogP contribution in [0.1, 0.15) is 29.7 Å². The molecule has 0 bridgehead atoms. The van der Waals surface area contributed by atoms with Crippen LogP contribution in [-0.2, 0) is 10.2 Å². The summed E-state index contributed by atoms with van der Waals surface area (Å²) in [5, 5.41) is 27.2. The molecule has 2 aliphatic rings. The van der Waals surface area contributed by atoms with E-state index in [-0.39, 0.29) is 29.1 Å². The van der Waals surface area contributed by atoms with Crippen molar-refractivity contribution in [3.05, 3.63) is 69.0 Å². The number of hydrogen-bond donors (Lipinski definition) is 3. The monoisotopic (exact) mass is 486 g/mol. The number of nitrogens with one attached hydrogen (secondary N) is 1. The highest BCUT2D eigenvalue weighted by atomic mass is 79.9. The maximum atomic E-state index is 12.5. The fourth-order valence-corrected chi connectivity index (χ4v) is 4.38. The molecule has 30 heavy (non-hydrogen) atoms. The number of nitrogens with zero attached hydrogens (tertiary/aromatic N) is 1. The Kier molecular flexibility index (Phi) is 4.50. The quantitative estimate of drug-likeness (QED) is 0.349. The summed E-state index contributed by atoms with van der Waals surface area (Å²) >= 11 is 9.67. The van der Waals surface area contributed by atoms with E-state index in [4.69, 9.17) is 16.1 Å². The molecule has 3 aromatic rings. The Labute approximate surface area is 185 Å². The predicted octanol–water partition coefficient (Wildman–Crippen LogP) is 5.16. The lowest BCUT2D eigenvalue weighted by Crippen LogP contribution is -2.11. The minimum absolute atomic E-state index is 0.0828. The van der Waals surface area contributed by atoms with Crippen LogP contribution in [-0.4, -0.2) is 27.9 Å². The van der Waals surface area contributed by atoms with Crippen LogP contribution < -0.4 is 5.32 Å². The highest BCUT2D eigenvalue weighted by Gasteiger charge is 2.43. The number of fused-ring (bicyclic) bond motifs is 1. The molecule has 3 N–H and O–H groups in total. The first-order valence-corrected chi connectivity index (χ1v) is 10.5. The number of anilines is 1. The molecule has 2 aromatic carbocycles. The van der Waals surface area contributed by atoms with Gasteiger partial charge in [0, 0.05) is 22.6 Å². The number of amides is 1. The minimum Gasteiger partial charge on any atom is -0.504 e. The van der Waals surface area contributed by atoms with Gasteiger partial charge in [-0.3, -0.25) is 4.79 Å². The van der Waals surface area contributed by atoms with Crippen LogP contribution in [0, 0.1) is 0 Å². The molecule has 0 saturated heterocycles. The molecule has 1 aliphatic heterocycles. The highest BCUT2D eigenvalue weighted by molar-refractivity contribution is 9.10. The van der Waals surface area contributed by atoms with Gasteiger partial charge < -0.3 is 20.1 Å². The Morgan fingerprint density at radius 3 is 2.53 bits per heavy atom. The van der Waals surface area contributed by atoms with Gasteiger partial charge in [-0.25, -0.2) is 0 Å². The molecule has 1 amide bonds. The fraction of sp³-hybridized carbons (Fsp3) is 0.182. The molecule has 1 aromatic heterocycles. The van der Waals surface area contributed by atoms with E-state index in [2.05, 4.69) is 26.4 Å². The summed E-state index contributed by atoms with van der Waals surface area (Å²) in [7, 11) is 0. The van der Waals surface area contributed by atoms with Crippen LogP contribution in [0.5, 0.6) is 0 Å². The van der Waals surface area contributed by atoms with E-state index in [1.807, 2.05) is 24.3 Å². The number of rotatable bonds is 4. The van der Waals surface area contributed by atoms with Gasteiger partial charge >= 0.3 is 0 Å². The van der Waals surface area contributed by atoms with E-state index in [1.54, 1.807) is 12.1 Å². The van der Waals surface area contributed by atoms with Crippen molar-refractivity contribution in [1.29, 1.82) is 0 Å². The van der Waals surface area contributed by atoms with Gasteiger partial charge in [-0.05, 0) is 52.0 Å². The molecule has 1 saturated carbocycles. The topological polar surface area (TPSA) is 95.6 Å². The Balaban J connectivity index is 1.59. The Morgan fingerprint density at radius 1 is 1.20 bits per heavy atom. The van der Waals surface area contributed by atoms with Crippen molar-refractivity contribution >= 4 is 50.5 Å². The Bertz CT molecular complexity index is 1210. The molecule has 5 rings (SSSR count).